The van der Waals surface area contributed by atoms with Crippen molar-refractivity contribution in [1.29, 1.82) is 0 Å². The van der Waals surface area contributed by atoms with Gasteiger partial charge in [-0.1, -0.05) is 0 Å². The van der Waals surface area contributed by atoms with E-state index in [0.717, 1.165) is 0 Å². The van der Waals surface area contributed by atoms with Crippen LogP contribution in [-0.4, -0.2) is 43.6 Å². The SMILES string of the molecule is CCO[Si](Cn1nccn1)(OCC)OCC. The third kappa shape index (κ3) is 3.67. The van der Waals surface area contributed by atoms with Crippen molar-refractivity contribution in [1.82, 2.24) is 15.0 Å². The first kappa shape index (κ1) is 13.3. The molecular weight excluding hydrogens is 226 g/mol. The van der Waals surface area contributed by atoms with Crippen LogP contribution in [0.4, 0.5) is 0 Å². The maximum Gasteiger partial charge on any atom is 0.525 e. The molecule has 0 radical (unpaired) electrons. The molecule has 92 valence electrons. The van der Waals surface area contributed by atoms with Gasteiger partial charge in [-0.3, -0.25) is 0 Å². The molecule has 0 spiro atoms. The van der Waals surface area contributed by atoms with E-state index < -0.39 is 8.80 Å². The Balaban J connectivity index is 2.73. The van der Waals surface area contributed by atoms with Gasteiger partial charge in [0.1, 0.15) is 6.17 Å². The highest BCUT2D eigenvalue weighted by Crippen LogP contribution is 2.11. The van der Waals surface area contributed by atoms with Crippen molar-refractivity contribution >= 4 is 8.80 Å². The van der Waals surface area contributed by atoms with Gasteiger partial charge in [-0.25, -0.2) is 0 Å². The minimum atomic E-state index is -2.66. The van der Waals surface area contributed by atoms with Gasteiger partial charge in [0.15, 0.2) is 0 Å². The molecule has 1 aromatic rings. The molecule has 0 aromatic carbocycles. The molecule has 1 aromatic heterocycles. The van der Waals surface area contributed by atoms with E-state index in [2.05, 4.69) is 10.2 Å². The van der Waals surface area contributed by atoms with Crippen LogP contribution < -0.4 is 0 Å². The molecule has 1 heterocycles. The summed E-state index contributed by atoms with van der Waals surface area (Å²) >= 11 is 0. The van der Waals surface area contributed by atoms with Crippen LogP contribution in [0.3, 0.4) is 0 Å². The van der Waals surface area contributed by atoms with Gasteiger partial charge in [-0.05, 0) is 20.8 Å². The molecule has 0 aliphatic rings. The number of hydrogen-bond acceptors (Lipinski definition) is 5. The summed E-state index contributed by atoms with van der Waals surface area (Å²) < 4.78 is 17.0. The Morgan fingerprint density at radius 3 is 1.75 bits per heavy atom. The van der Waals surface area contributed by atoms with Crippen molar-refractivity contribution in [2.45, 2.75) is 26.9 Å². The van der Waals surface area contributed by atoms with Crippen LogP contribution in [0, 0.1) is 0 Å². The second-order valence-corrected chi connectivity index (χ2v) is 5.59. The Bertz CT molecular complexity index is 265. The van der Waals surface area contributed by atoms with Crippen molar-refractivity contribution in [2.24, 2.45) is 0 Å². The molecule has 16 heavy (non-hydrogen) atoms. The van der Waals surface area contributed by atoms with Crippen LogP contribution >= 0.6 is 0 Å². The molecule has 0 bridgehead atoms. The van der Waals surface area contributed by atoms with E-state index in [9.17, 15) is 0 Å². The molecule has 7 heteroatoms. The van der Waals surface area contributed by atoms with Gasteiger partial charge in [0, 0.05) is 19.8 Å². The average Bonchev–Trinajstić information content (AvgIpc) is 2.71. The van der Waals surface area contributed by atoms with Gasteiger partial charge in [-0.15, -0.1) is 0 Å². The second kappa shape index (κ2) is 6.74. The smallest absolute Gasteiger partial charge is 0.373 e. The summed E-state index contributed by atoms with van der Waals surface area (Å²) in [5.74, 6) is 0. The number of hydrogen-bond donors (Lipinski definition) is 0. The largest absolute Gasteiger partial charge is 0.525 e. The van der Waals surface area contributed by atoms with E-state index in [4.69, 9.17) is 13.3 Å². The summed E-state index contributed by atoms with van der Waals surface area (Å²) in [5, 5.41) is 8.10. The quantitative estimate of drug-likeness (QED) is 0.636. The Morgan fingerprint density at radius 2 is 1.38 bits per heavy atom. The average molecular weight is 245 g/mol. The zero-order valence-electron chi connectivity index (χ0n) is 10.0. The first-order valence-electron chi connectivity index (χ1n) is 5.52. The number of nitrogens with zero attached hydrogens (tertiary/aromatic N) is 3. The monoisotopic (exact) mass is 245 g/mol. The van der Waals surface area contributed by atoms with Crippen LogP contribution in [-0.2, 0) is 19.4 Å². The first-order chi connectivity index (χ1) is 7.76. The highest BCUT2D eigenvalue weighted by atomic mass is 28.4. The molecule has 0 saturated carbocycles. The van der Waals surface area contributed by atoms with Gasteiger partial charge in [-0.2, -0.15) is 15.0 Å². The van der Waals surface area contributed by atoms with E-state index >= 15 is 0 Å². The van der Waals surface area contributed by atoms with Gasteiger partial charge in [0.05, 0.1) is 12.4 Å². The molecule has 0 amide bonds. The summed E-state index contributed by atoms with van der Waals surface area (Å²) in [7, 11) is -2.66. The standard InChI is InChI=1S/C9H19N3O3Si/c1-4-13-16(14-5-2,15-6-3)9-12-10-7-8-11-12/h7-8H,4-6,9H2,1-3H3. The molecule has 0 aliphatic heterocycles. The molecule has 1 rings (SSSR count). The third-order valence-electron chi connectivity index (χ3n) is 1.89. The van der Waals surface area contributed by atoms with E-state index in [1.54, 1.807) is 17.2 Å². The molecule has 0 atom stereocenters. The van der Waals surface area contributed by atoms with E-state index in [-0.39, 0.29) is 0 Å². The minimum absolute atomic E-state index is 0.454. The van der Waals surface area contributed by atoms with Gasteiger partial charge < -0.3 is 13.3 Å². The summed E-state index contributed by atoms with van der Waals surface area (Å²) in [5.41, 5.74) is 0. The second-order valence-electron chi connectivity index (χ2n) is 3.04. The van der Waals surface area contributed by atoms with E-state index in [1.165, 1.54) is 0 Å². The van der Waals surface area contributed by atoms with Crippen molar-refractivity contribution < 1.29 is 13.3 Å². The fourth-order valence-corrected chi connectivity index (χ4v) is 3.77. The van der Waals surface area contributed by atoms with E-state index in [0.29, 0.717) is 26.0 Å². The van der Waals surface area contributed by atoms with Gasteiger partial charge in [0.25, 0.3) is 0 Å². The van der Waals surface area contributed by atoms with Crippen molar-refractivity contribution in [3.8, 4) is 0 Å². The summed E-state index contributed by atoms with van der Waals surface area (Å²) in [4.78, 5) is 1.55. The maximum atomic E-state index is 5.68. The Kier molecular flexibility index (Phi) is 5.60. The predicted molar refractivity (Wildman–Crippen MR) is 60.7 cm³/mol. The van der Waals surface area contributed by atoms with Crippen LogP contribution in [0.5, 0.6) is 0 Å². The summed E-state index contributed by atoms with van der Waals surface area (Å²) in [6, 6.07) is 0. The highest BCUT2D eigenvalue weighted by molar-refractivity contribution is 6.59. The molecule has 0 unspecified atom stereocenters. The van der Waals surface area contributed by atoms with Crippen LogP contribution in [0.15, 0.2) is 12.4 Å². The lowest BCUT2D eigenvalue weighted by atomic mass is 10.9. The normalized spacial score (nSPS) is 11.9. The zero-order chi connectivity index (χ0) is 11.9. The lowest BCUT2D eigenvalue weighted by Crippen LogP contribution is -2.50. The fraction of sp³-hybridized carbons (Fsp3) is 0.778. The number of rotatable bonds is 8. The molecule has 0 saturated heterocycles. The zero-order valence-corrected chi connectivity index (χ0v) is 11.0. The van der Waals surface area contributed by atoms with Crippen LogP contribution in [0.25, 0.3) is 0 Å². The van der Waals surface area contributed by atoms with Crippen molar-refractivity contribution in [3.05, 3.63) is 12.4 Å². The number of aromatic nitrogens is 3. The lowest BCUT2D eigenvalue weighted by molar-refractivity contribution is 0.0625. The summed E-state index contributed by atoms with van der Waals surface area (Å²) in [6.45, 7) is 7.47. The Labute approximate surface area is 96.9 Å². The van der Waals surface area contributed by atoms with Gasteiger partial charge >= 0.3 is 8.80 Å². The van der Waals surface area contributed by atoms with Crippen LogP contribution in [0.1, 0.15) is 20.8 Å². The molecule has 6 nitrogen and oxygen atoms in total. The van der Waals surface area contributed by atoms with Gasteiger partial charge in [0.2, 0.25) is 0 Å². The van der Waals surface area contributed by atoms with Crippen LogP contribution in [0.2, 0.25) is 0 Å². The lowest BCUT2D eigenvalue weighted by Gasteiger charge is -2.27. The highest BCUT2D eigenvalue weighted by Gasteiger charge is 2.42. The first-order valence-corrected chi connectivity index (χ1v) is 7.45. The Hall–Kier alpha value is -0.763. The third-order valence-corrected chi connectivity index (χ3v) is 4.75. The molecule has 0 aliphatic carbocycles. The van der Waals surface area contributed by atoms with Crippen molar-refractivity contribution in [3.63, 3.8) is 0 Å². The van der Waals surface area contributed by atoms with Crippen molar-refractivity contribution in [2.75, 3.05) is 19.8 Å². The minimum Gasteiger partial charge on any atom is -0.373 e. The molecular formula is C9H19N3O3Si. The van der Waals surface area contributed by atoms with E-state index in [1.807, 2.05) is 20.8 Å². The molecule has 0 fully saturated rings. The predicted octanol–water partition coefficient (Wildman–Crippen LogP) is 0.866. The fourth-order valence-electron chi connectivity index (χ4n) is 1.42. The molecule has 0 N–H and O–H groups in total. The topological polar surface area (TPSA) is 58.4 Å². The Morgan fingerprint density at radius 1 is 0.938 bits per heavy atom. The summed E-state index contributed by atoms with van der Waals surface area (Å²) in [6.07, 6.45) is 3.71. The maximum absolute atomic E-state index is 5.68.